The van der Waals surface area contributed by atoms with Crippen LogP contribution in [0.1, 0.15) is 0 Å². The van der Waals surface area contributed by atoms with E-state index in [1.807, 2.05) is 109 Å². The normalized spacial score (nSPS) is 11.3. The summed E-state index contributed by atoms with van der Waals surface area (Å²) in [5.41, 5.74) is 12.3. The lowest BCUT2D eigenvalue weighted by atomic mass is 9.87. The molecule has 0 aromatic heterocycles. The first-order valence-electron chi connectivity index (χ1n) is 17.1. The van der Waals surface area contributed by atoms with E-state index in [1.165, 1.54) is 0 Å². The standard InChI is InChI=1S/C48H34ClOP/c49-51(50,41-31-43(35-19-7-1-8-20-35)47(39-27-15-5-16-28-39)44(32-41)36-21-9-2-10-22-36)42-33-45(37-23-11-3-12-24-37)48(40-29-17-6-18-30-40)46(34-42)38-25-13-4-14-26-38/h1-34H. The van der Waals surface area contributed by atoms with Gasteiger partial charge in [-0.2, -0.15) is 0 Å². The number of benzene rings is 8. The third kappa shape index (κ3) is 6.51. The van der Waals surface area contributed by atoms with Gasteiger partial charge in [0.1, 0.15) is 0 Å². The van der Waals surface area contributed by atoms with Crippen molar-refractivity contribution in [2.75, 3.05) is 0 Å². The Morgan fingerprint density at radius 3 is 0.706 bits per heavy atom. The molecule has 0 aliphatic carbocycles. The molecule has 1 nitrogen and oxygen atoms in total. The van der Waals surface area contributed by atoms with Gasteiger partial charge in [0.25, 0.3) is 0 Å². The molecule has 0 heterocycles. The maximum absolute atomic E-state index is 15.6. The highest BCUT2D eigenvalue weighted by Crippen LogP contribution is 2.54. The lowest BCUT2D eigenvalue weighted by molar-refractivity contribution is 0.595. The summed E-state index contributed by atoms with van der Waals surface area (Å²) in [4.78, 5) is 0. The monoisotopic (exact) mass is 692 g/mol. The van der Waals surface area contributed by atoms with E-state index in [-0.39, 0.29) is 0 Å². The van der Waals surface area contributed by atoms with E-state index >= 15 is 4.57 Å². The summed E-state index contributed by atoms with van der Waals surface area (Å²) < 4.78 is 15.6. The maximum Gasteiger partial charge on any atom is 0.225 e. The molecule has 3 heteroatoms. The number of rotatable bonds is 8. The van der Waals surface area contributed by atoms with Gasteiger partial charge < -0.3 is 0 Å². The van der Waals surface area contributed by atoms with Crippen molar-refractivity contribution < 1.29 is 4.57 Å². The van der Waals surface area contributed by atoms with Gasteiger partial charge in [-0.05, 0) is 102 Å². The zero-order valence-electron chi connectivity index (χ0n) is 27.9. The minimum absolute atomic E-state index is 0.590. The molecule has 0 bridgehead atoms. The molecule has 0 unspecified atom stereocenters. The Labute approximate surface area is 304 Å². The Kier molecular flexibility index (Phi) is 9.08. The molecule has 0 N–H and O–H groups in total. The van der Waals surface area contributed by atoms with Crippen LogP contribution in [0.3, 0.4) is 0 Å². The van der Waals surface area contributed by atoms with E-state index in [4.69, 9.17) is 11.2 Å². The van der Waals surface area contributed by atoms with Gasteiger partial charge >= 0.3 is 0 Å². The molecule has 51 heavy (non-hydrogen) atoms. The molecule has 0 saturated carbocycles. The first-order valence-corrected chi connectivity index (χ1v) is 19.7. The summed E-state index contributed by atoms with van der Waals surface area (Å²) in [6, 6.07) is 70.3. The minimum Gasteiger partial charge on any atom is -0.296 e. The molecule has 8 rings (SSSR count). The highest BCUT2D eigenvalue weighted by molar-refractivity contribution is 8.00. The van der Waals surface area contributed by atoms with Crippen molar-refractivity contribution in [3.63, 3.8) is 0 Å². The van der Waals surface area contributed by atoms with E-state index < -0.39 is 6.49 Å². The van der Waals surface area contributed by atoms with Gasteiger partial charge in [-0.3, -0.25) is 4.57 Å². The van der Waals surface area contributed by atoms with Crippen LogP contribution >= 0.6 is 17.7 Å². The average molecular weight is 693 g/mol. The lowest BCUT2D eigenvalue weighted by Gasteiger charge is -2.23. The highest BCUT2D eigenvalue weighted by Gasteiger charge is 2.30. The smallest absolute Gasteiger partial charge is 0.225 e. The molecular formula is C48H34ClOP. The van der Waals surface area contributed by atoms with Gasteiger partial charge in [-0.25, -0.2) is 0 Å². The molecule has 8 aromatic carbocycles. The Morgan fingerprint density at radius 2 is 0.490 bits per heavy atom. The molecule has 0 saturated heterocycles. The van der Waals surface area contributed by atoms with Crippen LogP contribution in [0.2, 0.25) is 0 Å². The first kappa shape index (κ1) is 32.5. The van der Waals surface area contributed by atoms with Gasteiger partial charge in [-0.15, -0.1) is 0 Å². The average Bonchev–Trinajstić information content (AvgIpc) is 3.21. The van der Waals surface area contributed by atoms with Crippen molar-refractivity contribution in [1.29, 1.82) is 0 Å². The number of hydrogen-bond acceptors (Lipinski definition) is 1. The fourth-order valence-corrected chi connectivity index (χ4v) is 9.01. The largest absolute Gasteiger partial charge is 0.296 e. The van der Waals surface area contributed by atoms with Crippen LogP contribution in [0.15, 0.2) is 206 Å². The topological polar surface area (TPSA) is 17.1 Å². The summed E-state index contributed by atoms with van der Waals surface area (Å²) >= 11 is 7.58. The Morgan fingerprint density at radius 1 is 0.294 bits per heavy atom. The molecule has 244 valence electrons. The Bertz CT molecular complexity index is 2170. The van der Waals surface area contributed by atoms with Crippen molar-refractivity contribution in [2.24, 2.45) is 0 Å². The SMILES string of the molecule is O=P(Cl)(c1cc(-c2ccccc2)c(-c2ccccc2)c(-c2ccccc2)c1)c1cc(-c2ccccc2)c(-c2ccccc2)c(-c2ccccc2)c1. The van der Waals surface area contributed by atoms with Crippen LogP contribution in [0.25, 0.3) is 66.8 Å². The van der Waals surface area contributed by atoms with Crippen LogP contribution in [0.5, 0.6) is 0 Å². The molecule has 0 spiro atoms. The van der Waals surface area contributed by atoms with Crippen molar-refractivity contribution in [2.45, 2.75) is 0 Å². The molecular weight excluding hydrogens is 659 g/mol. The minimum atomic E-state index is -3.74. The fraction of sp³-hybridized carbons (Fsp3) is 0. The molecule has 0 fully saturated rings. The van der Waals surface area contributed by atoms with Crippen molar-refractivity contribution in [3.8, 4) is 66.8 Å². The van der Waals surface area contributed by atoms with Gasteiger partial charge in [0.15, 0.2) is 0 Å². The second-order valence-corrected chi connectivity index (χ2v) is 16.1. The van der Waals surface area contributed by atoms with Gasteiger partial charge in [-0.1, -0.05) is 182 Å². The maximum atomic E-state index is 15.6. The van der Waals surface area contributed by atoms with Crippen LogP contribution in [-0.2, 0) is 4.57 Å². The second kappa shape index (κ2) is 14.3. The molecule has 0 radical (unpaired) electrons. The van der Waals surface area contributed by atoms with E-state index in [9.17, 15) is 0 Å². The number of halogens is 1. The first-order chi connectivity index (χ1) is 25.1. The van der Waals surface area contributed by atoms with Crippen LogP contribution in [-0.4, -0.2) is 0 Å². The van der Waals surface area contributed by atoms with Crippen LogP contribution in [0, 0.1) is 0 Å². The zero-order valence-corrected chi connectivity index (χ0v) is 29.5. The van der Waals surface area contributed by atoms with E-state index in [1.54, 1.807) is 0 Å². The van der Waals surface area contributed by atoms with Crippen molar-refractivity contribution in [3.05, 3.63) is 206 Å². The van der Waals surface area contributed by atoms with E-state index in [2.05, 4.69) is 97.1 Å². The molecule has 0 aliphatic rings. The molecule has 0 aliphatic heterocycles. The highest BCUT2D eigenvalue weighted by atomic mass is 35.7. The number of hydrogen-bond donors (Lipinski definition) is 0. The van der Waals surface area contributed by atoms with Gasteiger partial charge in [0.2, 0.25) is 6.49 Å². The summed E-state index contributed by atoms with van der Waals surface area (Å²) in [6.07, 6.45) is 0. The third-order valence-corrected chi connectivity index (χ3v) is 12.4. The Balaban J connectivity index is 1.44. The van der Waals surface area contributed by atoms with Crippen molar-refractivity contribution in [1.82, 2.24) is 0 Å². The molecule has 0 atom stereocenters. The molecule has 8 aromatic rings. The summed E-state index contributed by atoms with van der Waals surface area (Å²) in [7, 11) is 0. The molecule has 0 amide bonds. The second-order valence-electron chi connectivity index (χ2n) is 12.6. The fourth-order valence-electron chi connectivity index (χ4n) is 6.95. The summed E-state index contributed by atoms with van der Waals surface area (Å²) in [6.45, 7) is -3.74. The third-order valence-electron chi connectivity index (χ3n) is 9.37. The predicted octanol–water partition coefficient (Wildman–Crippen LogP) is 13.2. The van der Waals surface area contributed by atoms with E-state index in [0.717, 1.165) is 66.8 Å². The van der Waals surface area contributed by atoms with Gasteiger partial charge in [0.05, 0.1) is 0 Å². The zero-order chi connectivity index (χ0) is 34.6. The van der Waals surface area contributed by atoms with Crippen molar-refractivity contribution >= 4 is 28.3 Å². The van der Waals surface area contributed by atoms with Gasteiger partial charge in [0, 0.05) is 10.6 Å². The quantitative estimate of drug-likeness (QED) is 0.145. The Hall–Kier alpha value is -5.72. The summed E-state index contributed by atoms with van der Waals surface area (Å²) in [5.74, 6) is 0. The van der Waals surface area contributed by atoms with E-state index in [0.29, 0.717) is 10.6 Å². The summed E-state index contributed by atoms with van der Waals surface area (Å²) in [5, 5.41) is 1.18. The van der Waals surface area contributed by atoms with Crippen LogP contribution < -0.4 is 10.6 Å². The lowest BCUT2D eigenvalue weighted by Crippen LogP contribution is -2.15. The predicted molar refractivity (Wildman–Crippen MR) is 218 cm³/mol. The van der Waals surface area contributed by atoms with Crippen LogP contribution in [0.4, 0.5) is 0 Å².